The van der Waals surface area contributed by atoms with Gasteiger partial charge < -0.3 is 15.1 Å². The van der Waals surface area contributed by atoms with Gasteiger partial charge in [-0.2, -0.15) is 0 Å². The van der Waals surface area contributed by atoms with Gasteiger partial charge in [-0.3, -0.25) is 0 Å². The van der Waals surface area contributed by atoms with E-state index in [1.807, 2.05) is 54.6 Å². The van der Waals surface area contributed by atoms with Crippen molar-refractivity contribution in [3.8, 4) is 5.75 Å². The molecule has 0 radical (unpaired) electrons. The van der Waals surface area contributed by atoms with Crippen molar-refractivity contribution in [1.29, 1.82) is 0 Å². The second-order valence-electron chi connectivity index (χ2n) is 8.17. The quantitative estimate of drug-likeness (QED) is 0.333. The lowest BCUT2D eigenvalue weighted by molar-refractivity contribution is 0.0695. The number of rotatable bonds is 11. The van der Waals surface area contributed by atoms with E-state index in [0.29, 0.717) is 11.1 Å². The fourth-order valence-electron chi connectivity index (χ4n) is 4.16. The largest absolute Gasteiger partial charge is 0.508 e. The molecule has 32 heavy (non-hydrogen) atoms. The molecule has 0 saturated heterocycles. The summed E-state index contributed by atoms with van der Waals surface area (Å²) in [5, 5.41) is 20.9. The maximum atomic E-state index is 11.9. The minimum Gasteiger partial charge on any atom is -0.508 e. The molecule has 3 rings (SSSR count). The number of hydrogen-bond acceptors (Lipinski definition) is 3. The summed E-state index contributed by atoms with van der Waals surface area (Å²) in [5.41, 5.74) is 3.57. The summed E-state index contributed by atoms with van der Waals surface area (Å²) in [6.45, 7) is 6.28. The maximum absolute atomic E-state index is 11.9. The normalized spacial score (nSPS) is 11.8. The summed E-state index contributed by atoms with van der Waals surface area (Å²) in [6, 6.07) is 22.6. The van der Waals surface area contributed by atoms with E-state index in [2.05, 4.69) is 24.8 Å². The van der Waals surface area contributed by atoms with E-state index in [-0.39, 0.29) is 17.2 Å². The van der Waals surface area contributed by atoms with Crippen LogP contribution in [0, 0.1) is 0 Å². The topological polar surface area (TPSA) is 60.8 Å². The van der Waals surface area contributed by atoms with Crippen molar-refractivity contribution >= 4 is 11.7 Å². The molecule has 1 unspecified atom stereocenters. The van der Waals surface area contributed by atoms with Crippen LogP contribution in [0.3, 0.4) is 0 Å². The van der Waals surface area contributed by atoms with Gasteiger partial charge in [0.25, 0.3) is 0 Å². The zero-order chi connectivity index (χ0) is 22.9. The van der Waals surface area contributed by atoms with Crippen molar-refractivity contribution in [2.24, 2.45) is 0 Å². The Morgan fingerprint density at radius 2 is 1.47 bits per heavy atom. The second-order valence-corrected chi connectivity index (χ2v) is 8.17. The lowest BCUT2D eigenvalue weighted by atomic mass is 9.82. The van der Waals surface area contributed by atoms with Crippen LogP contribution in [0.5, 0.6) is 5.75 Å². The summed E-state index contributed by atoms with van der Waals surface area (Å²) in [5.74, 6) is -1.16. The van der Waals surface area contributed by atoms with E-state index in [4.69, 9.17) is 0 Å². The zero-order valence-corrected chi connectivity index (χ0v) is 19.0. The molecule has 0 saturated carbocycles. The Morgan fingerprint density at radius 1 is 0.844 bits per heavy atom. The Bertz CT molecular complexity index is 1010. The van der Waals surface area contributed by atoms with Crippen LogP contribution in [0.2, 0.25) is 0 Å². The molecule has 0 aliphatic heterocycles. The van der Waals surface area contributed by atoms with E-state index in [1.54, 1.807) is 12.1 Å². The van der Waals surface area contributed by atoms with Crippen molar-refractivity contribution in [3.63, 3.8) is 0 Å². The van der Waals surface area contributed by atoms with Crippen LogP contribution >= 0.6 is 0 Å². The summed E-state index contributed by atoms with van der Waals surface area (Å²) in [4.78, 5) is 14.3. The zero-order valence-electron chi connectivity index (χ0n) is 19.0. The molecule has 2 N–H and O–H groups in total. The predicted molar refractivity (Wildman–Crippen MR) is 131 cm³/mol. The van der Waals surface area contributed by atoms with Gasteiger partial charge in [-0.15, -0.1) is 0 Å². The molecule has 168 valence electrons. The molecule has 0 aliphatic carbocycles. The van der Waals surface area contributed by atoms with Crippen molar-refractivity contribution < 1.29 is 15.0 Å². The SMILES string of the molecule is CCCCN(CCCC)c1ccc(C(c2ccccc2)c2ccccc2C(=O)O)c(O)c1. The van der Waals surface area contributed by atoms with Crippen molar-refractivity contribution in [3.05, 3.63) is 95.1 Å². The van der Waals surface area contributed by atoms with E-state index in [0.717, 1.165) is 50.0 Å². The molecule has 0 heterocycles. The average Bonchev–Trinajstić information content (AvgIpc) is 2.81. The fourth-order valence-corrected chi connectivity index (χ4v) is 4.16. The Hall–Kier alpha value is -3.27. The molecule has 3 aromatic rings. The third-order valence-electron chi connectivity index (χ3n) is 5.89. The molecule has 3 aromatic carbocycles. The number of nitrogens with zero attached hydrogens (tertiary/aromatic N) is 1. The van der Waals surface area contributed by atoms with Crippen LogP contribution in [-0.2, 0) is 0 Å². The predicted octanol–water partition coefficient (Wildman–Crippen LogP) is 6.68. The molecule has 0 bridgehead atoms. The molecule has 0 spiro atoms. The molecule has 0 amide bonds. The smallest absolute Gasteiger partial charge is 0.335 e. The van der Waals surface area contributed by atoms with Crippen LogP contribution in [0.4, 0.5) is 5.69 Å². The summed E-state index contributed by atoms with van der Waals surface area (Å²) >= 11 is 0. The number of phenolic OH excluding ortho intramolecular Hbond substituents is 1. The first-order chi connectivity index (χ1) is 15.6. The van der Waals surface area contributed by atoms with Gasteiger partial charge in [0.05, 0.1) is 5.56 Å². The van der Waals surface area contributed by atoms with Gasteiger partial charge >= 0.3 is 5.97 Å². The standard InChI is InChI=1S/C28H33NO3/c1-3-5-18-29(19-6-4-2)22-16-17-25(26(30)20-22)27(21-12-8-7-9-13-21)23-14-10-11-15-24(23)28(31)32/h7-17,20,27,30H,3-6,18-19H2,1-2H3,(H,31,32). The van der Waals surface area contributed by atoms with Gasteiger partial charge in [0.2, 0.25) is 0 Å². The lowest BCUT2D eigenvalue weighted by Crippen LogP contribution is -2.25. The second kappa shape index (κ2) is 11.4. The number of carboxylic acid groups (broad SMARTS) is 1. The molecular weight excluding hydrogens is 398 g/mol. The molecule has 1 atom stereocenters. The number of aromatic carboxylic acids is 1. The third kappa shape index (κ3) is 5.50. The third-order valence-corrected chi connectivity index (χ3v) is 5.89. The minimum absolute atomic E-state index is 0.189. The van der Waals surface area contributed by atoms with E-state index >= 15 is 0 Å². The summed E-state index contributed by atoms with van der Waals surface area (Å²) in [7, 11) is 0. The molecule has 4 nitrogen and oxygen atoms in total. The number of hydrogen-bond donors (Lipinski definition) is 2. The summed E-state index contributed by atoms with van der Waals surface area (Å²) in [6.07, 6.45) is 4.44. The highest BCUT2D eigenvalue weighted by molar-refractivity contribution is 5.90. The van der Waals surface area contributed by atoms with Crippen LogP contribution in [-0.4, -0.2) is 29.3 Å². The van der Waals surface area contributed by atoms with E-state index in [9.17, 15) is 15.0 Å². The fraction of sp³-hybridized carbons (Fsp3) is 0.321. The molecule has 0 fully saturated rings. The highest BCUT2D eigenvalue weighted by Crippen LogP contribution is 2.39. The first kappa shape index (κ1) is 23.4. The molecular formula is C28H33NO3. The van der Waals surface area contributed by atoms with Gasteiger partial charge in [0.15, 0.2) is 0 Å². The number of carbonyl (C=O) groups is 1. The molecule has 0 aliphatic rings. The van der Waals surface area contributed by atoms with Crippen molar-refractivity contribution in [2.75, 3.05) is 18.0 Å². The van der Waals surface area contributed by atoms with Gasteiger partial charge in [-0.05, 0) is 36.1 Å². The van der Waals surface area contributed by atoms with Crippen LogP contribution in [0.1, 0.15) is 72.5 Å². The van der Waals surface area contributed by atoms with Crippen LogP contribution in [0.25, 0.3) is 0 Å². The summed E-state index contributed by atoms with van der Waals surface area (Å²) < 4.78 is 0. The van der Waals surface area contributed by atoms with Crippen LogP contribution < -0.4 is 4.90 Å². The maximum Gasteiger partial charge on any atom is 0.335 e. The number of unbranched alkanes of at least 4 members (excludes halogenated alkanes) is 2. The van der Waals surface area contributed by atoms with Crippen molar-refractivity contribution in [2.45, 2.75) is 45.4 Å². The number of anilines is 1. The Labute approximate surface area is 191 Å². The Morgan fingerprint density at radius 3 is 2.06 bits per heavy atom. The highest BCUT2D eigenvalue weighted by atomic mass is 16.4. The lowest BCUT2D eigenvalue weighted by Gasteiger charge is -2.27. The van der Waals surface area contributed by atoms with Gasteiger partial charge in [0, 0.05) is 36.3 Å². The van der Waals surface area contributed by atoms with E-state index < -0.39 is 5.97 Å². The Balaban J connectivity index is 2.07. The van der Waals surface area contributed by atoms with Crippen molar-refractivity contribution in [1.82, 2.24) is 0 Å². The molecule has 4 heteroatoms. The van der Waals surface area contributed by atoms with Gasteiger partial charge in [-0.1, -0.05) is 81.3 Å². The average molecular weight is 432 g/mol. The van der Waals surface area contributed by atoms with E-state index in [1.165, 1.54) is 0 Å². The monoisotopic (exact) mass is 431 g/mol. The minimum atomic E-state index is -0.969. The number of carboxylic acids is 1. The number of aromatic hydroxyl groups is 1. The van der Waals surface area contributed by atoms with Crippen LogP contribution in [0.15, 0.2) is 72.8 Å². The molecule has 0 aromatic heterocycles. The number of phenols is 1. The first-order valence-corrected chi connectivity index (χ1v) is 11.5. The number of benzene rings is 3. The Kier molecular flexibility index (Phi) is 8.32. The van der Waals surface area contributed by atoms with Gasteiger partial charge in [-0.25, -0.2) is 4.79 Å². The highest BCUT2D eigenvalue weighted by Gasteiger charge is 2.25. The van der Waals surface area contributed by atoms with Gasteiger partial charge in [0.1, 0.15) is 5.75 Å². The first-order valence-electron chi connectivity index (χ1n) is 11.5.